The first kappa shape index (κ1) is 21.6. The maximum Gasteiger partial charge on any atom is 0.136 e. The van der Waals surface area contributed by atoms with Gasteiger partial charge in [-0.3, -0.25) is 0 Å². The van der Waals surface area contributed by atoms with Crippen LogP contribution in [-0.4, -0.2) is 55.4 Å². The number of nitrogens with zero attached hydrogens (tertiary/aromatic N) is 3. The lowest BCUT2D eigenvalue weighted by molar-refractivity contribution is 0.329. The van der Waals surface area contributed by atoms with Gasteiger partial charge in [-0.1, -0.05) is 19.1 Å². The van der Waals surface area contributed by atoms with Gasteiger partial charge in [0.1, 0.15) is 5.84 Å². The summed E-state index contributed by atoms with van der Waals surface area (Å²) in [5.74, 6) is 0.997. The first-order valence-electron chi connectivity index (χ1n) is 9.01. The Balaban J connectivity index is 3.05. The van der Waals surface area contributed by atoms with Crippen molar-refractivity contribution in [1.82, 2.24) is 9.80 Å². The monoisotopic (exact) mass is 362 g/mol. The number of hydrogen-bond donors (Lipinski definition) is 1. The number of hydrogen-bond acceptors (Lipinski definition) is 4. The molecule has 1 aromatic heterocycles. The van der Waals surface area contributed by atoms with E-state index in [1.807, 2.05) is 32.1 Å². The summed E-state index contributed by atoms with van der Waals surface area (Å²) in [6, 6.07) is 2.10. The molecule has 1 heterocycles. The maximum atomic E-state index is 6.14. The molecular formula is C20H34N4S. The third-order valence-corrected chi connectivity index (χ3v) is 4.95. The van der Waals surface area contributed by atoms with Crippen LogP contribution in [0.15, 0.2) is 40.4 Å². The van der Waals surface area contributed by atoms with Gasteiger partial charge in [0.15, 0.2) is 0 Å². The van der Waals surface area contributed by atoms with Crippen LogP contribution in [0.4, 0.5) is 0 Å². The summed E-state index contributed by atoms with van der Waals surface area (Å²) in [6.45, 7) is 11.4. The highest BCUT2D eigenvalue weighted by Crippen LogP contribution is 2.18. The number of aliphatic imine (C=N–C) groups is 1. The lowest BCUT2D eigenvalue weighted by atomic mass is 10.2. The molecule has 0 aliphatic heterocycles. The molecule has 25 heavy (non-hydrogen) atoms. The van der Waals surface area contributed by atoms with E-state index in [4.69, 9.17) is 10.7 Å². The number of aryl methyl sites for hydroxylation is 1. The van der Waals surface area contributed by atoms with Gasteiger partial charge in [0.25, 0.3) is 0 Å². The molecule has 0 radical (unpaired) electrons. The molecular weight excluding hydrogens is 328 g/mol. The largest absolute Gasteiger partial charge is 0.359 e. The topological polar surface area (TPSA) is 44.9 Å². The van der Waals surface area contributed by atoms with Gasteiger partial charge in [0.2, 0.25) is 0 Å². The molecule has 0 bridgehead atoms. The zero-order valence-electron chi connectivity index (χ0n) is 16.6. The Kier molecular flexibility index (Phi) is 9.71. The molecule has 1 atom stereocenters. The maximum absolute atomic E-state index is 6.14. The first-order chi connectivity index (χ1) is 11.9. The van der Waals surface area contributed by atoms with Crippen LogP contribution in [0.25, 0.3) is 0 Å². The molecule has 0 aliphatic rings. The molecule has 0 aromatic carbocycles. The van der Waals surface area contributed by atoms with Crippen molar-refractivity contribution < 1.29 is 0 Å². The lowest BCUT2D eigenvalue weighted by Gasteiger charge is -2.23. The third kappa shape index (κ3) is 7.55. The van der Waals surface area contributed by atoms with Crippen LogP contribution in [0, 0.1) is 6.92 Å². The number of rotatable bonds is 9. The molecule has 0 aliphatic carbocycles. The van der Waals surface area contributed by atoms with Crippen LogP contribution in [0.2, 0.25) is 0 Å². The zero-order chi connectivity index (χ0) is 18.8. The van der Waals surface area contributed by atoms with Gasteiger partial charge < -0.3 is 15.5 Å². The highest BCUT2D eigenvalue weighted by atomic mass is 32.1. The fourth-order valence-electron chi connectivity index (χ4n) is 2.38. The summed E-state index contributed by atoms with van der Waals surface area (Å²) in [5.41, 5.74) is 8.20. The second-order valence-electron chi connectivity index (χ2n) is 6.46. The fourth-order valence-corrected chi connectivity index (χ4v) is 3.06. The average Bonchev–Trinajstić information content (AvgIpc) is 3.00. The van der Waals surface area contributed by atoms with Gasteiger partial charge in [-0.05, 0) is 59.5 Å². The highest BCUT2D eigenvalue weighted by Gasteiger charge is 2.13. The van der Waals surface area contributed by atoms with Crippen LogP contribution in [0.3, 0.4) is 0 Å². The molecule has 0 saturated carbocycles. The summed E-state index contributed by atoms with van der Waals surface area (Å²) in [4.78, 5) is 10.8. The van der Waals surface area contributed by atoms with Crippen molar-refractivity contribution >= 4 is 17.2 Å². The summed E-state index contributed by atoms with van der Waals surface area (Å²) in [7, 11) is 4.28. The summed E-state index contributed by atoms with van der Waals surface area (Å²) in [6.07, 6.45) is 7.10. The fraction of sp³-hybridized carbons (Fsp3) is 0.550. The van der Waals surface area contributed by atoms with E-state index in [-0.39, 0.29) is 6.04 Å². The predicted octanol–water partition coefficient (Wildman–Crippen LogP) is 3.88. The predicted molar refractivity (Wildman–Crippen MR) is 113 cm³/mol. The molecule has 1 rings (SSSR count). The Labute approximate surface area is 157 Å². The van der Waals surface area contributed by atoms with Crippen molar-refractivity contribution in [3.05, 3.63) is 45.8 Å². The van der Waals surface area contributed by atoms with Crippen LogP contribution < -0.4 is 5.73 Å². The number of nitrogens with two attached hydrogens (primary N) is 1. The Hall–Kier alpha value is -1.43. The number of amidine groups is 1. The Morgan fingerprint density at radius 3 is 2.60 bits per heavy atom. The summed E-state index contributed by atoms with van der Waals surface area (Å²) >= 11 is 1.76. The van der Waals surface area contributed by atoms with Crippen molar-refractivity contribution in [2.45, 2.75) is 40.2 Å². The van der Waals surface area contributed by atoms with Gasteiger partial charge in [0, 0.05) is 35.5 Å². The molecule has 5 heteroatoms. The van der Waals surface area contributed by atoms with Gasteiger partial charge in [-0.2, -0.15) is 0 Å². The molecule has 1 aromatic rings. The second kappa shape index (κ2) is 11.2. The minimum atomic E-state index is -0.106. The van der Waals surface area contributed by atoms with E-state index in [9.17, 15) is 0 Å². The molecule has 2 N–H and O–H groups in total. The summed E-state index contributed by atoms with van der Waals surface area (Å²) in [5, 5.41) is 2.18. The third-order valence-electron chi connectivity index (χ3n) is 4.08. The molecule has 0 amide bonds. The number of thiophene rings is 1. The van der Waals surface area contributed by atoms with Gasteiger partial charge in [0.05, 0.1) is 5.70 Å². The second-order valence-corrected chi connectivity index (χ2v) is 7.57. The van der Waals surface area contributed by atoms with Crippen LogP contribution in [-0.2, 0) is 0 Å². The van der Waals surface area contributed by atoms with E-state index >= 15 is 0 Å². The van der Waals surface area contributed by atoms with E-state index in [0.29, 0.717) is 0 Å². The minimum absolute atomic E-state index is 0.106. The zero-order valence-corrected chi connectivity index (χ0v) is 17.4. The average molecular weight is 363 g/mol. The Bertz CT molecular complexity index is 599. The van der Waals surface area contributed by atoms with Gasteiger partial charge in [-0.25, -0.2) is 4.99 Å². The van der Waals surface area contributed by atoms with Crippen LogP contribution >= 0.6 is 11.3 Å². The summed E-state index contributed by atoms with van der Waals surface area (Å²) < 4.78 is 0. The molecule has 0 saturated heterocycles. The van der Waals surface area contributed by atoms with E-state index in [1.165, 1.54) is 10.4 Å². The van der Waals surface area contributed by atoms with E-state index in [0.717, 1.165) is 37.6 Å². The van der Waals surface area contributed by atoms with Gasteiger partial charge in [-0.15, -0.1) is 11.3 Å². The first-order valence-corrected chi connectivity index (χ1v) is 9.89. The smallest absolute Gasteiger partial charge is 0.136 e. The molecule has 0 fully saturated rings. The molecule has 1 unspecified atom stereocenters. The van der Waals surface area contributed by atoms with Crippen molar-refractivity contribution in [1.29, 1.82) is 0 Å². The normalized spacial score (nSPS) is 14.6. The Morgan fingerprint density at radius 1 is 1.36 bits per heavy atom. The van der Waals surface area contributed by atoms with Crippen LogP contribution in [0.1, 0.15) is 37.6 Å². The standard InChI is InChI=1S/C20H34N4S/c1-7-9-11-19(17(4)21)22-20(18-14-16(3)25-15-18)24(6)13-10-12-23(5)8-2/h7,9,11,14-15,17H,8,10,12-13,21H2,1-6H3/b9-7-,19-11+,22-20?. The quantitative estimate of drug-likeness (QED) is 0.412. The number of allylic oxidation sites excluding steroid dienone is 3. The van der Waals surface area contributed by atoms with Crippen molar-refractivity contribution in [3.63, 3.8) is 0 Å². The van der Waals surface area contributed by atoms with Gasteiger partial charge >= 0.3 is 0 Å². The van der Waals surface area contributed by atoms with Crippen molar-refractivity contribution in [2.24, 2.45) is 10.7 Å². The van der Waals surface area contributed by atoms with Crippen molar-refractivity contribution in [2.75, 3.05) is 33.7 Å². The minimum Gasteiger partial charge on any atom is -0.359 e. The van der Waals surface area contributed by atoms with E-state index < -0.39 is 0 Å². The van der Waals surface area contributed by atoms with Crippen molar-refractivity contribution in [3.8, 4) is 0 Å². The van der Waals surface area contributed by atoms with E-state index in [1.54, 1.807) is 11.3 Å². The Morgan fingerprint density at radius 2 is 2.08 bits per heavy atom. The SMILES string of the molecule is C/C=C\C=C(\N=C(c1csc(C)c1)N(C)CCCN(C)CC)C(C)N. The van der Waals surface area contributed by atoms with E-state index in [2.05, 4.69) is 49.2 Å². The lowest BCUT2D eigenvalue weighted by Crippen LogP contribution is -2.32. The highest BCUT2D eigenvalue weighted by molar-refractivity contribution is 7.10. The molecule has 4 nitrogen and oxygen atoms in total. The molecule has 0 spiro atoms. The van der Waals surface area contributed by atoms with Crippen LogP contribution in [0.5, 0.6) is 0 Å². The molecule has 140 valence electrons.